The van der Waals surface area contributed by atoms with E-state index < -0.39 is 9.84 Å². The van der Waals surface area contributed by atoms with Crippen LogP contribution >= 0.6 is 0 Å². The molecule has 0 spiro atoms. The van der Waals surface area contributed by atoms with Crippen LogP contribution in [0.3, 0.4) is 0 Å². The molecule has 5 nitrogen and oxygen atoms in total. The summed E-state index contributed by atoms with van der Waals surface area (Å²) in [6, 6.07) is 7.32. The van der Waals surface area contributed by atoms with Crippen molar-refractivity contribution >= 4 is 15.7 Å². The molecule has 0 radical (unpaired) electrons. The molecule has 0 N–H and O–H groups in total. The van der Waals surface area contributed by atoms with Gasteiger partial charge in [0.25, 0.3) is 0 Å². The highest BCUT2D eigenvalue weighted by Crippen LogP contribution is 2.20. The van der Waals surface area contributed by atoms with E-state index in [-0.39, 0.29) is 23.5 Å². The molecule has 1 atom stereocenters. The van der Waals surface area contributed by atoms with Crippen molar-refractivity contribution in [3.63, 3.8) is 0 Å². The van der Waals surface area contributed by atoms with Crippen molar-refractivity contribution in [3.05, 3.63) is 29.8 Å². The first-order valence-corrected chi connectivity index (χ1v) is 9.99. The molecule has 1 aliphatic heterocycles. The van der Waals surface area contributed by atoms with E-state index in [1.165, 1.54) is 0 Å². The Bertz CT molecular complexity index is 624. The molecular formula is C17H25NO4S. The van der Waals surface area contributed by atoms with E-state index in [4.69, 9.17) is 4.74 Å². The molecule has 1 aromatic carbocycles. The van der Waals surface area contributed by atoms with Crippen LogP contribution in [0.15, 0.2) is 24.3 Å². The lowest BCUT2D eigenvalue weighted by Crippen LogP contribution is -2.42. The third-order valence-electron chi connectivity index (χ3n) is 4.02. The van der Waals surface area contributed by atoms with Gasteiger partial charge >= 0.3 is 0 Å². The van der Waals surface area contributed by atoms with Gasteiger partial charge in [-0.05, 0) is 37.5 Å². The summed E-state index contributed by atoms with van der Waals surface area (Å²) in [5, 5.41) is 0. The standard InChI is InChI=1S/C17H25NO4S/c1-3-10-18(15-9-11-23(20,21)13-15)17(19)12-14-5-7-16(8-6-14)22-4-2/h5-8,15H,3-4,9-13H2,1-2H3. The molecule has 1 fully saturated rings. The molecule has 0 saturated carbocycles. The third kappa shape index (κ3) is 4.96. The molecule has 0 aliphatic carbocycles. The maximum absolute atomic E-state index is 12.6. The Morgan fingerprint density at radius 2 is 1.96 bits per heavy atom. The smallest absolute Gasteiger partial charge is 0.227 e. The number of benzene rings is 1. The minimum absolute atomic E-state index is 0.00175. The number of sulfone groups is 1. The first kappa shape index (κ1) is 17.8. The van der Waals surface area contributed by atoms with Gasteiger partial charge in [0.05, 0.1) is 24.5 Å². The summed E-state index contributed by atoms with van der Waals surface area (Å²) in [5.41, 5.74) is 0.917. The molecule has 128 valence electrons. The van der Waals surface area contributed by atoms with Gasteiger partial charge < -0.3 is 9.64 Å². The number of rotatable bonds is 7. The van der Waals surface area contributed by atoms with E-state index in [0.29, 0.717) is 26.0 Å². The van der Waals surface area contributed by atoms with Gasteiger partial charge in [-0.3, -0.25) is 4.79 Å². The molecule has 2 rings (SSSR count). The lowest BCUT2D eigenvalue weighted by molar-refractivity contribution is -0.132. The van der Waals surface area contributed by atoms with Crippen molar-refractivity contribution in [1.82, 2.24) is 4.90 Å². The predicted octanol–water partition coefficient (Wildman–Crippen LogP) is 2.05. The van der Waals surface area contributed by atoms with Gasteiger partial charge in [0, 0.05) is 12.6 Å². The summed E-state index contributed by atoms with van der Waals surface area (Å²) in [6.07, 6.45) is 1.67. The van der Waals surface area contributed by atoms with Crippen molar-refractivity contribution in [3.8, 4) is 5.75 Å². The first-order valence-electron chi connectivity index (χ1n) is 8.16. The van der Waals surface area contributed by atoms with Gasteiger partial charge in [0.15, 0.2) is 9.84 Å². The van der Waals surface area contributed by atoms with Crippen LogP contribution in [0.5, 0.6) is 5.75 Å². The third-order valence-corrected chi connectivity index (χ3v) is 5.77. The molecular weight excluding hydrogens is 314 g/mol. The number of nitrogens with zero attached hydrogens (tertiary/aromatic N) is 1. The average molecular weight is 339 g/mol. The van der Waals surface area contributed by atoms with E-state index in [1.807, 2.05) is 38.1 Å². The van der Waals surface area contributed by atoms with Crippen LogP contribution in [0.2, 0.25) is 0 Å². The topological polar surface area (TPSA) is 63.7 Å². The van der Waals surface area contributed by atoms with E-state index in [2.05, 4.69) is 0 Å². The van der Waals surface area contributed by atoms with Gasteiger partial charge in [-0.25, -0.2) is 8.42 Å². The highest BCUT2D eigenvalue weighted by Gasteiger charge is 2.34. The van der Waals surface area contributed by atoms with Gasteiger partial charge in [-0.1, -0.05) is 19.1 Å². The lowest BCUT2D eigenvalue weighted by atomic mass is 10.1. The Morgan fingerprint density at radius 1 is 1.26 bits per heavy atom. The zero-order valence-corrected chi connectivity index (χ0v) is 14.6. The predicted molar refractivity (Wildman–Crippen MR) is 90.4 cm³/mol. The fourth-order valence-electron chi connectivity index (χ4n) is 2.92. The maximum Gasteiger partial charge on any atom is 0.227 e. The van der Waals surface area contributed by atoms with E-state index >= 15 is 0 Å². The van der Waals surface area contributed by atoms with Gasteiger partial charge in [-0.15, -0.1) is 0 Å². The Hall–Kier alpha value is -1.56. The van der Waals surface area contributed by atoms with Crippen LogP contribution in [-0.4, -0.2) is 49.9 Å². The Labute approximate surface area is 138 Å². The van der Waals surface area contributed by atoms with Crippen molar-refractivity contribution in [2.24, 2.45) is 0 Å². The molecule has 6 heteroatoms. The van der Waals surface area contributed by atoms with Gasteiger partial charge in [0.1, 0.15) is 5.75 Å². The van der Waals surface area contributed by atoms with Gasteiger partial charge in [0.2, 0.25) is 5.91 Å². The van der Waals surface area contributed by atoms with E-state index in [0.717, 1.165) is 17.7 Å². The molecule has 1 amide bonds. The van der Waals surface area contributed by atoms with E-state index in [9.17, 15) is 13.2 Å². The lowest BCUT2D eigenvalue weighted by Gasteiger charge is -2.28. The molecule has 1 saturated heterocycles. The minimum atomic E-state index is -2.99. The maximum atomic E-state index is 12.6. The van der Waals surface area contributed by atoms with Crippen LogP contribution in [0.1, 0.15) is 32.3 Å². The van der Waals surface area contributed by atoms with Crippen LogP contribution < -0.4 is 4.74 Å². The summed E-state index contributed by atoms with van der Waals surface area (Å²) < 4.78 is 28.7. The quantitative estimate of drug-likeness (QED) is 0.763. The summed E-state index contributed by atoms with van der Waals surface area (Å²) in [7, 11) is -2.99. The number of carbonyl (C=O) groups is 1. The molecule has 1 aliphatic rings. The highest BCUT2D eigenvalue weighted by atomic mass is 32.2. The Kier molecular flexibility index (Phi) is 6.04. The number of hydrogen-bond donors (Lipinski definition) is 0. The van der Waals surface area contributed by atoms with Crippen molar-refractivity contribution < 1.29 is 17.9 Å². The molecule has 23 heavy (non-hydrogen) atoms. The monoisotopic (exact) mass is 339 g/mol. The highest BCUT2D eigenvalue weighted by molar-refractivity contribution is 7.91. The van der Waals surface area contributed by atoms with Crippen LogP contribution in [0, 0.1) is 0 Å². The zero-order valence-electron chi connectivity index (χ0n) is 13.8. The normalized spacial score (nSPS) is 19.5. The Balaban J connectivity index is 2.03. The second-order valence-corrected chi connectivity index (χ2v) is 8.13. The Morgan fingerprint density at radius 3 is 2.48 bits per heavy atom. The van der Waals surface area contributed by atoms with Crippen molar-refractivity contribution in [2.75, 3.05) is 24.7 Å². The average Bonchev–Trinajstić information content (AvgIpc) is 2.87. The van der Waals surface area contributed by atoms with Crippen LogP contribution in [0.4, 0.5) is 0 Å². The molecule has 1 heterocycles. The van der Waals surface area contributed by atoms with Gasteiger partial charge in [-0.2, -0.15) is 0 Å². The van der Waals surface area contributed by atoms with E-state index in [1.54, 1.807) is 4.90 Å². The first-order chi connectivity index (χ1) is 10.9. The fourth-order valence-corrected chi connectivity index (χ4v) is 4.65. The number of amides is 1. The SMILES string of the molecule is CCCN(C(=O)Cc1ccc(OCC)cc1)C1CCS(=O)(=O)C1. The van der Waals surface area contributed by atoms with Crippen molar-refractivity contribution in [2.45, 2.75) is 39.2 Å². The largest absolute Gasteiger partial charge is 0.494 e. The fraction of sp³-hybridized carbons (Fsp3) is 0.588. The molecule has 0 bridgehead atoms. The van der Waals surface area contributed by atoms with Crippen LogP contribution in [-0.2, 0) is 21.1 Å². The number of hydrogen-bond acceptors (Lipinski definition) is 4. The second kappa shape index (κ2) is 7.81. The molecule has 1 unspecified atom stereocenters. The van der Waals surface area contributed by atoms with Crippen molar-refractivity contribution in [1.29, 1.82) is 0 Å². The minimum Gasteiger partial charge on any atom is -0.494 e. The zero-order chi connectivity index (χ0) is 16.9. The molecule has 0 aromatic heterocycles. The number of ether oxygens (including phenoxy) is 1. The number of carbonyl (C=O) groups excluding carboxylic acids is 1. The summed E-state index contributed by atoms with van der Waals surface area (Å²) in [6.45, 7) is 5.14. The summed E-state index contributed by atoms with van der Waals surface area (Å²) in [4.78, 5) is 14.4. The summed E-state index contributed by atoms with van der Waals surface area (Å²) >= 11 is 0. The summed E-state index contributed by atoms with van der Waals surface area (Å²) in [5.74, 6) is 1.07. The van der Waals surface area contributed by atoms with Crippen LogP contribution in [0.25, 0.3) is 0 Å². The second-order valence-electron chi connectivity index (χ2n) is 5.90. The molecule has 1 aromatic rings.